The third-order valence-corrected chi connectivity index (χ3v) is 5.89. The lowest BCUT2D eigenvalue weighted by Crippen LogP contribution is -2.57. The number of likely N-dealkylation sites (N-methyl/N-ethyl adjacent to an activating group) is 1. The van der Waals surface area contributed by atoms with E-state index in [9.17, 15) is 19.5 Å². The normalized spacial score (nSPS) is 25.6. The summed E-state index contributed by atoms with van der Waals surface area (Å²) in [6.45, 7) is 11.9. The maximum Gasteiger partial charge on any atom is 0.326 e. The van der Waals surface area contributed by atoms with Gasteiger partial charge in [-0.25, -0.2) is 9.59 Å². The summed E-state index contributed by atoms with van der Waals surface area (Å²) >= 11 is 0. The van der Waals surface area contributed by atoms with Crippen molar-refractivity contribution in [2.45, 2.75) is 64.4 Å². The number of urea groups is 1. The van der Waals surface area contributed by atoms with Crippen molar-refractivity contribution in [2.24, 2.45) is 5.92 Å². The molecule has 0 unspecified atom stereocenters. The molecule has 0 aromatic rings. The van der Waals surface area contributed by atoms with E-state index in [1.54, 1.807) is 23.6 Å². The Kier molecular flexibility index (Phi) is 6.19. The lowest BCUT2D eigenvalue weighted by Gasteiger charge is -2.43. The van der Waals surface area contributed by atoms with E-state index in [4.69, 9.17) is 4.74 Å². The van der Waals surface area contributed by atoms with Crippen molar-refractivity contribution in [3.8, 4) is 0 Å². The summed E-state index contributed by atoms with van der Waals surface area (Å²) < 4.78 is 6.16. The first-order chi connectivity index (χ1) is 12.6. The molecular formula is C19H31N3O5. The fourth-order valence-electron chi connectivity index (χ4n) is 4.39. The summed E-state index contributed by atoms with van der Waals surface area (Å²) in [6, 6.07) is -1.27. The van der Waals surface area contributed by atoms with Crippen molar-refractivity contribution in [2.75, 3.05) is 20.1 Å². The minimum absolute atomic E-state index is 0.115. The largest absolute Gasteiger partial charge is 0.480 e. The molecule has 0 aromatic carbocycles. The Morgan fingerprint density at radius 3 is 2.26 bits per heavy atom. The van der Waals surface area contributed by atoms with Crippen LogP contribution in [-0.2, 0) is 14.3 Å². The van der Waals surface area contributed by atoms with Crippen LogP contribution in [0.4, 0.5) is 4.79 Å². The number of likely N-dealkylation sites (tertiary alicyclic amines) is 1. The van der Waals surface area contributed by atoms with Gasteiger partial charge in [0.2, 0.25) is 5.91 Å². The number of carboxylic acids is 1. The fourth-order valence-corrected chi connectivity index (χ4v) is 4.39. The van der Waals surface area contributed by atoms with Gasteiger partial charge in [-0.15, -0.1) is 0 Å². The molecule has 1 spiro atoms. The van der Waals surface area contributed by atoms with Gasteiger partial charge in [-0.2, -0.15) is 0 Å². The maximum absolute atomic E-state index is 12.8. The highest BCUT2D eigenvalue weighted by Crippen LogP contribution is 2.40. The molecular weight excluding hydrogens is 350 g/mol. The Labute approximate surface area is 160 Å². The third kappa shape index (κ3) is 3.81. The smallest absolute Gasteiger partial charge is 0.326 e. The van der Waals surface area contributed by atoms with Gasteiger partial charge in [-0.1, -0.05) is 20.4 Å². The van der Waals surface area contributed by atoms with E-state index in [2.05, 4.69) is 6.58 Å². The Hall–Kier alpha value is -2.09. The molecule has 2 fully saturated rings. The van der Waals surface area contributed by atoms with Gasteiger partial charge >= 0.3 is 12.0 Å². The van der Waals surface area contributed by atoms with Crippen molar-refractivity contribution < 1.29 is 24.2 Å². The van der Waals surface area contributed by atoms with Gasteiger partial charge in [0.05, 0.1) is 11.6 Å². The summed E-state index contributed by atoms with van der Waals surface area (Å²) in [4.78, 5) is 41.1. The van der Waals surface area contributed by atoms with Crippen LogP contribution in [0.3, 0.4) is 0 Å². The minimum Gasteiger partial charge on any atom is -0.480 e. The average Bonchev–Trinajstić information content (AvgIpc) is 2.83. The zero-order valence-electron chi connectivity index (χ0n) is 16.8. The number of ether oxygens (including phenoxy) is 1. The molecule has 0 aliphatic carbocycles. The fraction of sp³-hybridized carbons (Fsp3) is 0.737. The summed E-state index contributed by atoms with van der Waals surface area (Å²) in [7, 11) is 1.53. The van der Waals surface area contributed by atoms with E-state index in [1.807, 2.05) is 13.8 Å². The van der Waals surface area contributed by atoms with Gasteiger partial charge in [-0.3, -0.25) is 4.79 Å². The topological polar surface area (TPSA) is 90.4 Å². The Bertz CT molecular complexity index is 612. The summed E-state index contributed by atoms with van der Waals surface area (Å²) in [5, 5.41) is 9.42. The maximum atomic E-state index is 12.8. The van der Waals surface area contributed by atoms with Crippen LogP contribution in [0.1, 0.15) is 40.5 Å². The molecule has 0 bridgehead atoms. The quantitative estimate of drug-likeness (QED) is 0.750. The van der Waals surface area contributed by atoms with E-state index in [-0.39, 0.29) is 30.1 Å². The SMILES string of the molecule is C=CC(=O)N1[C@@H](C)OC2(CCN(C(=O)N(C)[C@H](C(=O)O)C(C)C)CC2)[C@H]1C. The Morgan fingerprint density at radius 2 is 1.81 bits per heavy atom. The number of hydrogen-bond acceptors (Lipinski definition) is 4. The van der Waals surface area contributed by atoms with Gasteiger partial charge in [-0.05, 0) is 38.7 Å². The molecule has 0 saturated carbocycles. The Morgan fingerprint density at radius 1 is 1.26 bits per heavy atom. The third-order valence-electron chi connectivity index (χ3n) is 5.89. The lowest BCUT2D eigenvalue weighted by molar-refractivity contribution is -0.143. The highest BCUT2D eigenvalue weighted by atomic mass is 16.5. The van der Waals surface area contributed by atoms with Crippen LogP contribution < -0.4 is 0 Å². The van der Waals surface area contributed by atoms with Gasteiger partial charge in [0, 0.05) is 20.1 Å². The van der Waals surface area contributed by atoms with Gasteiger partial charge in [0.1, 0.15) is 12.3 Å². The van der Waals surface area contributed by atoms with E-state index in [1.165, 1.54) is 18.0 Å². The van der Waals surface area contributed by atoms with Crippen LogP contribution in [0.2, 0.25) is 0 Å². The molecule has 2 rings (SSSR count). The predicted molar refractivity (Wildman–Crippen MR) is 100 cm³/mol. The van der Waals surface area contributed by atoms with Crippen LogP contribution in [0.15, 0.2) is 12.7 Å². The van der Waals surface area contributed by atoms with Crippen molar-refractivity contribution in [3.05, 3.63) is 12.7 Å². The van der Waals surface area contributed by atoms with Gasteiger partial charge < -0.3 is 24.5 Å². The number of hydrogen-bond donors (Lipinski definition) is 1. The molecule has 1 N–H and O–H groups in total. The van der Waals surface area contributed by atoms with E-state index in [0.717, 1.165) is 0 Å². The zero-order chi connectivity index (χ0) is 20.5. The molecule has 3 amide bonds. The first kappa shape index (κ1) is 21.2. The monoisotopic (exact) mass is 381 g/mol. The van der Waals surface area contributed by atoms with Crippen molar-refractivity contribution in [3.63, 3.8) is 0 Å². The molecule has 2 heterocycles. The van der Waals surface area contributed by atoms with Crippen LogP contribution in [0, 0.1) is 5.92 Å². The number of rotatable bonds is 4. The summed E-state index contributed by atoms with van der Waals surface area (Å²) in [5.41, 5.74) is -0.488. The van der Waals surface area contributed by atoms with Crippen molar-refractivity contribution >= 4 is 17.9 Å². The molecule has 2 saturated heterocycles. The predicted octanol–water partition coefficient (Wildman–Crippen LogP) is 1.76. The second-order valence-electron chi connectivity index (χ2n) is 7.82. The molecule has 3 atom stereocenters. The van der Waals surface area contributed by atoms with E-state index in [0.29, 0.717) is 25.9 Å². The van der Waals surface area contributed by atoms with Crippen molar-refractivity contribution in [1.29, 1.82) is 0 Å². The standard InChI is InChI=1S/C19H31N3O5/c1-7-15(23)22-13(4)19(27-14(22)5)8-10-21(11-9-19)18(26)20(6)16(12(2)3)17(24)25/h7,12-14,16H,1,8-11H2,2-6H3,(H,24,25)/t13-,14-,16+/m1/s1. The highest BCUT2D eigenvalue weighted by molar-refractivity contribution is 5.87. The first-order valence-corrected chi connectivity index (χ1v) is 9.43. The average molecular weight is 381 g/mol. The molecule has 0 aromatic heterocycles. The number of amides is 3. The van der Waals surface area contributed by atoms with Gasteiger partial charge in [0.25, 0.3) is 0 Å². The number of carbonyl (C=O) groups excluding carboxylic acids is 2. The lowest BCUT2D eigenvalue weighted by atomic mass is 9.85. The van der Waals surface area contributed by atoms with Gasteiger partial charge in [0.15, 0.2) is 0 Å². The second-order valence-corrected chi connectivity index (χ2v) is 7.82. The zero-order valence-corrected chi connectivity index (χ0v) is 16.8. The summed E-state index contributed by atoms with van der Waals surface area (Å²) in [5.74, 6) is -1.36. The summed E-state index contributed by atoms with van der Waals surface area (Å²) in [6.07, 6.45) is 2.14. The highest BCUT2D eigenvalue weighted by Gasteiger charge is 2.52. The number of carboxylic acid groups (broad SMARTS) is 1. The number of nitrogens with zero attached hydrogens (tertiary/aromatic N) is 3. The number of aliphatic carboxylic acids is 1. The van der Waals surface area contributed by atoms with E-state index < -0.39 is 17.6 Å². The minimum atomic E-state index is -1.01. The molecule has 152 valence electrons. The molecule has 8 nitrogen and oxygen atoms in total. The van der Waals surface area contributed by atoms with Crippen LogP contribution >= 0.6 is 0 Å². The number of piperidine rings is 1. The molecule has 2 aliphatic heterocycles. The number of carbonyl (C=O) groups is 3. The van der Waals surface area contributed by atoms with Crippen molar-refractivity contribution in [1.82, 2.24) is 14.7 Å². The van der Waals surface area contributed by atoms with E-state index >= 15 is 0 Å². The van der Waals surface area contributed by atoms with Crippen LogP contribution in [0.5, 0.6) is 0 Å². The Balaban J connectivity index is 2.06. The molecule has 8 heteroatoms. The van der Waals surface area contributed by atoms with Crippen LogP contribution in [-0.4, -0.2) is 81.8 Å². The molecule has 2 aliphatic rings. The first-order valence-electron chi connectivity index (χ1n) is 9.43. The molecule has 0 radical (unpaired) electrons. The molecule has 27 heavy (non-hydrogen) atoms. The van der Waals surface area contributed by atoms with Crippen LogP contribution in [0.25, 0.3) is 0 Å². The second kappa shape index (κ2) is 7.88.